The fraction of sp³-hybridized carbons (Fsp3) is 0.870. The zero-order chi connectivity index (χ0) is 35.2. The van der Waals surface area contributed by atoms with E-state index in [0.29, 0.717) is 0 Å². The van der Waals surface area contributed by atoms with E-state index in [1.807, 2.05) is 0 Å². The summed E-state index contributed by atoms with van der Waals surface area (Å²) in [6.45, 7) is 5.31. The standard InChI is InChI=1S/C8H8F8O2.C6H11FO.C5H7F3O2.2C2H5F/c1-2-4(17)18-3-6(11,12)8(15,16)7(13,14)5(9)10;1-4-6(3,7)5(2)8;1-2-4(9)10-3-5(6,7)8;2*1-2-3/h5H,2-3H2,1H3;4H2,1-3H3;2-3H2,1H3;2*2H2,1H3. The maximum atomic E-state index is 12.7. The van der Waals surface area contributed by atoms with E-state index in [1.165, 1.54) is 34.6 Å². The first-order valence-corrected chi connectivity index (χ1v) is 11.8. The molecule has 0 aromatic heterocycles. The summed E-state index contributed by atoms with van der Waals surface area (Å²) in [7, 11) is 0. The molecule has 0 rings (SSSR count). The van der Waals surface area contributed by atoms with Crippen LogP contribution in [0.3, 0.4) is 0 Å². The predicted molar refractivity (Wildman–Crippen MR) is 123 cm³/mol. The van der Waals surface area contributed by atoms with Crippen LogP contribution in [0.5, 0.6) is 0 Å². The molecule has 42 heavy (non-hydrogen) atoms. The van der Waals surface area contributed by atoms with Crippen LogP contribution in [0.15, 0.2) is 0 Å². The van der Waals surface area contributed by atoms with Gasteiger partial charge in [0.1, 0.15) is 0 Å². The number of hydrogen-bond donors (Lipinski definition) is 0. The molecule has 0 N–H and O–H groups in total. The largest absolute Gasteiger partial charge is 0.459 e. The summed E-state index contributed by atoms with van der Waals surface area (Å²) < 4.78 is 173. The van der Waals surface area contributed by atoms with Crippen LogP contribution >= 0.6 is 0 Å². The lowest BCUT2D eigenvalue weighted by Gasteiger charge is -2.31. The molecule has 0 saturated heterocycles. The van der Waals surface area contributed by atoms with Gasteiger partial charge in [-0.05, 0) is 34.1 Å². The van der Waals surface area contributed by atoms with E-state index in [1.54, 1.807) is 6.92 Å². The fourth-order valence-corrected chi connectivity index (χ4v) is 1.26. The van der Waals surface area contributed by atoms with Crippen molar-refractivity contribution in [3.05, 3.63) is 0 Å². The zero-order valence-corrected chi connectivity index (χ0v) is 23.9. The van der Waals surface area contributed by atoms with E-state index in [2.05, 4.69) is 9.47 Å². The Hall–Kier alpha value is -2.37. The summed E-state index contributed by atoms with van der Waals surface area (Å²) in [5.41, 5.74) is -1.60. The summed E-state index contributed by atoms with van der Waals surface area (Å²) in [4.78, 5) is 30.9. The molecule has 0 radical (unpaired) electrons. The van der Waals surface area contributed by atoms with Crippen LogP contribution < -0.4 is 0 Å². The number of ether oxygens (including phenoxy) is 2. The lowest BCUT2D eigenvalue weighted by Crippen LogP contribution is -2.59. The summed E-state index contributed by atoms with van der Waals surface area (Å²) >= 11 is 0. The molecule has 0 aliphatic rings. The number of Topliss-reactive ketones (excluding diaryl/α,β-unsaturated/α-hetero) is 1. The highest BCUT2D eigenvalue weighted by Crippen LogP contribution is 2.48. The average Bonchev–Trinajstić information content (AvgIpc) is 2.86. The van der Waals surface area contributed by atoms with Crippen LogP contribution in [0.1, 0.15) is 67.7 Å². The molecule has 0 saturated carbocycles. The van der Waals surface area contributed by atoms with Crippen LogP contribution in [-0.4, -0.2) is 80.3 Å². The van der Waals surface area contributed by atoms with Crippen molar-refractivity contribution in [2.45, 2.75) is 104 Å². The van der Waals surface area contributed by atoms with E-state index >= 15 is 0 Å². The number of rotatable bonds is 10. The van der Waals surface area contributed by atoms with Gasteiger partial charge in [0, 0.05) is 12.8 Å². The minimum absolute atomic E-state index is 0.0317. The Labute approximate surface area is 234 Å². The van der Waals surface area contributed by atoms with Gasteiger partial charge in [0.05, 0.1) is 13.3 Å². The quantitative estimate of drug-likeness (QED) is 0.175. The van der Waals surface area contributed by atoms with Gasteiger partial charge in [0.2, 0.25) is 0 Å². The van der Waals surface area contributed by atoms with Gasteiger partial charge >= 0.3 is 42.3 Å². The first-order chi connectivity index (χ1) is 18.7. The monoisotopic (exact) mass is 658 g/mol. The van der Waals surface area contributed by atoms with Gasteiger partial charge in [0.15, 0.2) is 24.7 Å². The van der Waals surface area contributed by atoms with Crippen LogP contribution in [0.2, 0.25) is 0 Å². The van der Waals surface area contributed by atoms with Gasteiger partial charge in [-0.1, -0.05) is 20.8 Å². The van der Waals surface area contributed by atoms with Crippen molar-refractivity contribution in [2.75, 3.05) is 26.6 Å². The normalized spacial score (nSPS) is 12.8. The molecule has 1 atom stereocenters. The van der Waals surface area contributed by atoms with E-state index in [9.17, 15) is 75.8 Å². The zero-order valence-electron chi connectivity index (χ0n) is 23.9. The molecule has 0 aromatic rings. The molecule has 1 unspecified atom stereocenters. The third kappa shape index (κ3) is 23.2. The predicted octanol–water partition coefficient (Wildman–Crippen LogP) is 8.28. The second-order valence-electron chi connectivity index (χ2n) is 7.49. The number of hydrogen-bond acceptors (Lipinski definition) is 5. The Morgan fingerprint density at radius 2 is 0.976 bits per heavy atom. The fourth-order valence-electron chi connectivity index (χ4n) is 1.26. The lowest BCUT2D eigenvalue weighted by molar-refractivity contribution is -0.344. The minimum atomic E-state index is -6.35. The minimum Gasteiger partial charge on any atom is -0.459 e. The summed E-state index contributed by atoms with van der Waals surface area (Å²) in [5, 5.41) is 0. The summed E-state index contributed by atoms with van der Waals surface area (Å²) in [5.74, 6) is -20.8. The van der Waals surface area contributed by atoms with E-state index < -0.39 is 67.6 Å². The van der Waals surface area contributed by atoms with Crippen molar-refractivity contribution in [3.63, 3.8) is 0 Å². The number of ketones is 1. The van der Waals surface area contributed by atoms with Crippen molar-refractivity contribution in [3.8, 4) is 0 Å². The highest BCUT2D eigenvalue weighted by atomic mass is 19.4. The van der Waals surface area contributed by atoms with Gasteiger partial charge in [-0.3, -0.25) is 23.2 Å². The van der Waals surface area contributed by atoms with Crippen LogP contribution in [0.25, 0.3) is 0 Å². The maximum Gasteiger partial charge on any atom is 0.422 e. The van der Waals surface area contributed by atoms with Crippen LogP contribution in [0, 0.1) is 0 Å². The number of halogens is 14. The van der Waals surface area contributed by atoms with E-state index in [4.69, 9.17) is 0 Å². The van der Waals surface area contributed by atoms with Gasteiger partial charge in [-0.25, -0.2) is 13.2 Å². The molecule has 0 amide bonds. The Kier molecular flexibility index (Phi) is 27.2. The molecule has 0 aliphatic heterocycles. The second kappa shape index (κ2) is 23.1. The number of esters is 2. The summed E-state index contributed by atoms with van der Waals surface area (Å²) in [6.07, 6.45) is -9.63. The molecule has 0 bridgehead atoms. The van der Waals surface area contributed by atoms with Crippen LogP contribution in [0.4, 0.5) is 61.5 Å². The number of alkyl halides is 14. The Balaban J connectivity index is -0.000000160. The molecule has 0 aliphatic carbocycles. The third-order valence-corrected chi connectivity index (χ3v) is 3.94. The summed E-state index contributed by atoms with van der Waals surface area (Å²) in [6, 6.07) is 0. The highest BCUT2D eigenvalue weighted by Gasteiger charge is 2.75. The number of carbonyl (C=O) groups is 3. The molecule has 0 heterocycles. The first kappa shape index (κ1) is 49.3. The van der Waals surface area contributed by atoms with Crippen LogP contribution in [-0.2, 0) is 23.9 Å². The van der Waals surface area contributed by atoms with Gasteiger partial charge < -0.3 is 9.47 Å². The van der Waals surface area contributed by atoms with Gasteiger partial charge in [-0.2, -0.15) is 39.5 Å². The molecule has 19 heteroatoms. The molecule has 0 aromatic carbocycles. The van der Waals surface area contributed by atoms with Gasteiger partial charge in [-0.15, -0.1) is 0 Å². The lowest BCUT2D eigenvalue weighted by atomic mass is 10.0. The third-order valence-electron chi connectivity index (χ3n) is 3.94. The Bertz CT molecular complexity index is 725. The Morgan fingerprint density at radius 1 is 0.667 bits per heavy atom. The molecule has 0 fully saturated rings. The Morgan fingerprint density at radius 3 is 1.17 bits per heavy atom. The van der Waals surface area contributed by atoms with Crippen molar-refractivity contribution in [1.82, 2.24) is 0 Å². The highest BCUT2D eigenvalue weighted by molar-refractivity contribution is 5.84. The van der Waals surface area contributed by atoms with Crippen molar-refractivity contribution < 1.29 is 85.3 Å². The smallest absolute Gasteiger partial charge is 0.422 e. The van der Waals surface area contributed by atoms with Crippen molar-refractivity contribution in [1.29, 1.82) is 0 Å². The molecule has 5 nitrogen and oxygen atoms in total. The molecular weight excluding hydrogens is 622 g/mol. The van der Waals surface area contributed by atoms with Gasteiger partial charge in [0.25, 0.3) is 0 Å². The topological polar surface area (TPSA) is 69.7 Å². The number of carbonyl (C=O) groups excluding carboxylic acids is 3. The maximum absolute atomic E-state index is 12.7. The van der Waals surface area contributed by atoms with E-state index in [0.717, 1.165) is 6.92 Å². The van der Waals surface area contributed by atoms with E-state index in [-0.39, 0.29) is 32.0 Å². The van der Waals surface area contributed by atoms with Crippen molar-refractivity contribution >= 4 is 17.7 Å². The molecule has 0 spiro atoms. The average molecular weight is 659 g/mol. The van der Waals surface area contributed by atoms with Crippen molar-refractivity contribution in [2.24, 2.45) is 0 Å². The SMILES string of the molecule is CCC(=O)OCC(F)(F)C(F)(F)C(F)(F)C(F)F.CCC(=O)OCC(F)(F)F.CCC(C)(F)C(C)=O.CCF.CCF. The second-order valence-corrected chi connectivity index (χ2v) is 7.49. The molecular formula is C23H36F14O5. The molecule has 256 valence electrons. The first-order valence-electron chi connectivity index (χ1n) is 11.8.